The SMILES string of the molecule is CCNC(=NCCNc1ncnc2c1cnn2C)N1CCCC1.I. The Kier molecular flexibility index (Phi) is 7.00. The van der Waals surface area contributed by atoms with Gasteiger partial charge in [0.1, 0.15) is 12.1 Å². The lowest BCUT2D eigenvalue weighted by atomic mass is 10.4. The van der Waals surface area contributed by atoms with Gasteiger partial charge in [-0.3, -0.25) is 9.67 Å². The number of nitrogens with one attached hydrogen (secondary N) is 2. The third-order valence-electron chi connectivity index (χ3n) is 3.94. The van der Waals surface area contributed by atoms with Gasteiger partial charge in [0, 0.05) is 33.2 Å². The van der Waals surface area contributed by atoms with Crippen molar-refractivity contribution in [2.24, 2.45) is 12.0 Å². The third-order valence-corrected chi connectivity index (χ3v) is 3.94. The van der Waals surface area contributed by atoms with E-state index in [0.717, 1.165) is 49.0 Å². The number of nitrogens with zero attached hydrogens (tertiary/aromatic N) is 6. The molecule has 0 radical (unpaired) electrons. The highest BCUT2D eigenvalue weighted by atomic mass is 127. The minimum Gasteiger partial charge on any atom is -0.367 e. The minimum atomic E-state index is 0. The van der Waals surface area contributed by atoms with E-state index in [1.807, 2.05) is 7.05 Å². The number of hydrogen-bond donors (Lipinski definition) is 2. The highest BCUT2D eigenvalue weighted by Crippen LogP contribution is 2.17. The quantitative estimate of drug-likeness (QED) is 0.315. The molecule has 2 N–H and O–H groups in total. The molecule has 1 fully saturated rings. The van der Waals surface area contributed by atoms with Crippen molar-refractivity contribution >= 4 is 46.8 Å². The molecule has 3 heterocycles. The molecule has 0 aliphatic carbocycles. The van der Waals surface area contributed by atoms with Gasteiger partial charge in [-0.15, -0.1) is 24.0 Å². The van der Waals surface area contributed by atoms with Crippen LogP contribution in [0.5, 0.6) is 0 Å². The molecule has 0 bridgehead atoms. The molecule has 1 aliphatic rings. The minimum absolute atomic E-state index is 0. The largest absolute Gasteiger partial charge is 0.367 e. The van der Waals surface area contributed by atoms with E-state index in [0.29, 0.717) is 6.54 Å². The van der Waals surface area contributed by atoms with Gasteiger partial charge in [0.05, 0.1) is 18.1 Å². The number of aryl methyl sites for hydroxylation is 1. The number of guanidine groups is 1. The van der Waals surface area contributed by atoms with Crippen LogP contribution in [-0.2, 0) is 7.05 Å². The molecule has 24 heavy (non-hydrogen) atoms. The van der Waals surface area contributed by atoms with Crippen LogP contribution in [0.15, 0.2) is 17.5 Å². The van der Waals surface area contributed by atoms with E-state index >= 15 is 0 Å². The number of hydrogen-bond acceptors (Lipinski definition) is 5. The summed E-state index contributed by atoms with van der Waals surface area (Å²) in [6.07, 6.45) is 5.85. The summed E-state index contributed by atoms with van der Waals surface area (Å²) < 4.78 is 1.75. The highest BCUT2D eigenvalue weighted by molar-refractivity contribution is 14.0. The molecular weight excluding hydrogens is 419 g/mol. The number of aromatic nitrogens is 4. The molecule has 0 unspecified atom stereocenters. The summed E-state index contributed by atoms with van der Waals surface area (Å²) in [4.78, 5) is 15.6. The van der Waals surface area contributed by atoms with Crippen molar-refractivity contribution in [3.05, 3.63) is 12.5 Å². The summed E-state index contributed by atoms with van der Waals surface area (Å²) in [6.45, 7) is 6.62. The maximum absolute atomic E-state index is 4.70. The molecule has 3 rings (SSSR count). The number of fused-ring (bicyclic) bond motifs is 1. The maximum Gasteiger partial charge on any atom is 0.193 e. The Morgan fingerprint density at radius 1 is 1.29 bits per heavy atom. The summed E-state index contributed by atoms with van der Waals surface area (Å²) in [5.74, 6) is 1.82. The number of halogens is 1. The van der Waals surface area contributed by atoms with E-state index < -0.39 is 0 Å². The Morgan fingerprint density at radius 3 is 2.83 bits per heavy atom. The Bertz CT molecular complexity index is 677. The summed E-state index contributed by atoms with van der Waals surface area (Å²) in [5.41, 5.74) is 0.830. The zero-order valence-electron chi connectivity index (χ0n) is 14.2. The summed E-state index contributed by atoms with van der Waals surface area (Å²) in [7, 11) is 1.88. The van der Waals surface area contributed by atoms with Gasteiger partial charge in [-0.05, 0) is 19.8 Å². The van der Waals surface area contributed by atoms with Crippen molar-refractivity contribution in [1.29, 1.82) is 0 Å². The Morgan fingerprint density at radius 2 is 2.08 bits per heavy atom. The predicted molar refractivity (Wildman–Crippen MR) is 107 cm³/mol. The second kappa shape index (κ2) is 9.00. The van der Waals surface area contributed by atoms with Gasteiger partial charge in [0.2, 0.25) is 0 Å². The topological polar surface area (TPSA) is 83.3 Å². The van der Waals surface area contributed by atoms with Crippen LogP contribution in [0.1, 0.15) is 19.8 Å². The van der Waals surface area contributed by atoms with Crippen LogP contribution >= 0.6 is 24.0 Å². The van der Waals surface area contributed by atoms with Crippen molar-refractivity contribution in [3.8, 4) is 0 Å². The van der Waals surface area contributed by atoms with E-state index in [1.54, 1.807) is 17.2 Å². The van der Waals surface area contributed by atoms with Crippen molar-refractivity contribution < 1.29 is 0 Å². The standard InChI is InChI=1S/C15H24N8.HI/c1-3-16-15(23-8-4-5-9-23)18-7-6-17-13-12-10-21-22(2)14(12)20-11-19-13;/h10-11H,3-9H2,1-2H3,(H,16,18)(H,17,19,20);1H. The molecule has 1 saturated heterocycles. The number of aliphatic imine (C=N–C) groups is 1. The van der Waals surface area contributed by atoms with Gasteiger partial charge in [-0.2, -0.15) is 5.10 Å². The van der Waals surface area contributed by atoms with Crippen LogP contribution in [0.25, 0.3) is 11.0 Å². The monoisotopic (exact) mass is 444 g/mol. The van der Waals surface area contributed by atoms with Crippen LogP contribution in [-0.4, -0.2) is 63.3 Å². The number of anilines is 1. The molecule has 132 valence electrons. The fraction of sp³-hybridized carbons (Fsp3) is 0.600. The molecule has 1 aliphatic heterocycles. The Labute approximate surface area is 159 Å². The summed E-state index contributed by atoms with van der Waals surface area (Å²) in [5, 5.41) is 11.9. The van der Waals surface area contributed by atoms with Crippen LogP contribution in [0.2, 0.25) is 0 Å². The second-order valence-corrected chi connectivity index (χ2v) is 5.58. The first-order valence-corrected chi connectivity index (χ1v) is 8.19. The van der Waals surface area contributed by atoms with Crippen molar-refractivity contribution in [2.45, 2.75) is 19.8 Å². The Hall–Kier alpha value is -1.65. The van der Waals surface area contributed by atoms with Gasteiger partial charge < -0.3 is 15.5 Å². The molecule has 2 aromatic rings. The number of likely N-dealkylation sites (tertiary alicyclic amines) is 1. The molecule has 0 aromatic carbocycles. The van der Waals surface area contributed by atoms with Gasteiger partial charge in [0.25, 0.3) is 0 Å². The number of rotatable bonds is 5. The lowest BCUT2D eigenvalue weighted by molar-refractivity contribution is 0.494. The van der Waals surface area contributed by atoms with Crippen LogP contribution in [0.4, 0.5) is 5.82 Å². The smallest absolute Gasteiger partial charge is 0.193 e. The van der Waals surface area contributed by atoms with Crippen LogP contribution < -0.4 is 10.6 Å². The van der Waals surface area contributed by atoms with E-state index in [4.69, 9.17) is 4.99 Å². The first-order valence-electron chi connectivity index (χ1n) is 8.19. The summed E-state index contributed by atoms with van der Waals surface area (Å²) in [6, 6.07) is 0. The molecule has 0 amide bonds. The third kappa shape index (κ3) is 4.25. The van der Waals surface area contributed by atoms with E-state index in [1.165, 1.54) is 12.8 Å². The maximum atomic E-state index is 4.70. The second-order valence-electron chi connectivity index (χ2n) is 5.58. The van der Waals surface area contributed by atoms with Gasteiger partial charge >= 0.3 is 0 Å². The lowest BCUT2D eigenvalue weighted by Gasteiger charge is -2.20. The fourth-order valence-corrected chi connectivity index (χ4v) is 2.79. The molecule has 0 spiro atoms. The average Bonchev–Trinajstić information content (AvgIpc) is 3.21. The van der Waals surface area contributed by atoms with Gasteiger partial charge in [0.15, 0.2) is 11.6 Å². The first kappa shape index (κ1) is 18.7. The van der Waals surface area contributed by atoms with E-state index in [2.05, 4.69) is 37.5 Å². The van der Waals surface area contributed by atoms with Gasteiger partial charge in [-0.25, -0.2) is 9.97 Å². The molecule has 8 nitrogen and oxygen atoms in total. The predicted octanol–water partition coefficient (Wildman–Crippen LogP) is 1.45. The zero-order valence-corrected chi connectivity index (χ0v) is 16.5. The normalized spacial score (nSPS) is 14.8. The lowest BCUT2D eigenvalue weighted by Crippen LogP contribution is -2.39. The molecule has 9 heteroatoms. The Balaban J connectivity index is 0.00000208. The summed E-state index contributed by atoms with van der Waals surface area (Å²) >= 11 is 0. The zero-order chi connectivity index (χ0) is 16.1. The first-order chi connectivity index (χ1) is 11.3. The highest BCUT2D eigenvalue weighted by Gasteiger charge is 2.15. The van der Waals surface area contributed by atoms with E-state index in [9.17, 15) is 0 Å². The van der Waals surface area contributed by atoms with E-state index in [-0.39, 0.29) is 24.0 Å². The van der Waals surface area contributed by atoms with Crippen LogP contribution in [0, 0.1) is 0 Å². The molecule has 0 atom stereocenters. The van der Waals surface area contributed by atoms with Crippen molar-refractivity contribution in [1.82, 2.24) is 30.0 Å². The average molecular weight is 444 g/mol. The molecular formula is C15H25IN8. The van der Waals surface area contributed by atoms with Gasteiger partial charge in [-0.1, -0.05) is 0 Å². The van der Waals surface area contributed by atoms with Crippen molar-refractivity contribution in [3.63, 3.8) is 0 Å². The van der Waals surface area contributed by atoms with Crippen molar-refractivity contribution in [2.75, 3.05) is 38.0 Å². The molecule has 2 aromatic heterocycles. The van der Waals surface area contributed by atoms with Crippen LogP contribution in [0.3, 0.4) is 0 Å². The molecule has 0 saturated carbocycles. The fourth-order valence-electron chi connectivity index (χ4n) is 2.79.